The number of rotatable bonds is 0. The van der Waals surface area contributed by atoms with Gasteiger partial charge in [-0.3, -0.25) is 0 Å². The normalized spacial score (nSPS) is 29.6. The molecule has 2 atom stereocenters. The molecule has 1 fully saturated rings. The largest absolute Gasteiger partial charge is 0.508 e. The maximum atomic E-state index is 9.90. The van der Waals surface area contributed by atoms with Crippen LogP contribution in [0.2, 0.25) is 0 Å². The average molecular weight is 217 g/mol. The highest BCUT2D eigenvalue weighted by molar-refractivity contribution is 5.42. The molecule has 16 heavy (non-hydrogen) atoms. The molecule has 0 spiro atoms. The van der Waals surface area contributed by atoms with E-state index in [1.807, 2.05) is 12.1 Å². The Morgan fingerprint density at radius 2 is 2.19 bits per heavy atom. The number of likely N-dealkylation sites (N-methyl/N-ethyl adjacent to an activating group) is 1. The number of benzene rings is 1. The predicted molar refractivity (Wildman–Crippen MR) is 64.7 cm³/mol. The van der Waals surface area contributed by atoms with Gasteiger partial charge in [-0.05, 0) is 62.4 Å². The monoisotopic (exact) mass is 217 g/mol. The highest BCUT2D eigenvalue weighted by Gasteiger charge is 2.34. The van der Waals surface area contributed by atoms with E-state index in [9.17, 15) is 5.11 Å². The third kappa shape index (κ3) is 1.52. The third-order valence-electron chi connectivity index (χ3n) is 4.34. The van der Waals surface area contributed by atoms with Crippen molar-refractivity contribution in [3.05, 3.63) is 29.3 Å². The molecule has 1 aromatic rings. The van der Waals surface area contributed by atoms with Gasteiger partial charge in [0.25, 0.3) is 0 Å². The number of aromatic hydroxyl groups is 1. The molecule has 2 heteroatoms. The molecule has 0 amide bonds. The van der Waals surface area contributed by atoms with Crippen molar-refractivity contribution in [1.82, 2.24) is 4.90 Å². The molecule has 1 aliphatic carbocycles. The van der Waals surface area contributed by atoms with Crippen molar-refractivity contribution < 1.29 is 5.11 Å². The Kier molecular flexibility index (Phi) is 2.40. The van der Waals surface area contributed by atoms with Crippen molar-refractivity contribution in [2.45, 2.75) is 31.7 Å². The Balaban J connectivity index is 1.96. The van der Waals surface area contributed by atoms with Crippen LogP contribution in [0.15, 0.2) is 18.2 Å². The molecule has 1 saturated heterocycles. The molecule has 0 bridgehead atoms. The Morgan fingerprint density at radius 1 is 1.31 bits per heavy atom. The molecule has 2 nitrogen and oxygen atoms in total. The van der Waals surface area contributed by atoms with Crippen molar-refractivity contribution >= 4 is 0 Å². The van der Waals surface area contributed by atoms with Gasteiger partial charge in [-0.25, -0.2) is 0 Å². The van der Waals surface area contributed by atoms with E-state index < -0.39 is 0 Å². The van der Waals surface area contributed by atoms with Crippen LogP contribution in [0.1, 0.15) is 24.0 Å². The molecule has 0 saturated carbocycles. The lowest BCUT2D eigenvalue weighted by Crippen LogP contribution is -2.47. The minimum absolute atomic E-state index is 0.504. The van der Waals surface area contributed by atoms with Gasteiger partial charge >= 0.3 is 0 Å². The molecule has 1 N–H and O–H groups in total. The molecular weight excluding hydrogens is 198 g/mol. The molecule has 2 aliphatic rings. The molecular formula is C14H19NO. The number of hydrogen-bond acceptors (Lipinski definition) is 2. The van der Waals surface area contributed by atoms with Crippen molar-refractivity contribution in [3.8, 4) is 5.75 Å². The summed E-state index contributed by atoms with van der Waals surface area (Å²) in [5, 5.41) is 9.90. The van der Waals surface area contributed by atoms with Crippen LogP contribution in [0.25, 0.3) is 0 Å². The van der Waals surface area contributed by atoms with Gasteiger partial charge in [-0.1, -0.05) is 12.1 Å². The maximum Gasteiger partial charge on any atom is 0.119 e. The summed E-state index contributed by atoms with van der Waals surface area (Å²) in [4.78, 5) is 2.50. The summed E-state index contributed by atoms with van der Waals surface area (Å²) < 4.78 is 0. The van der Waals surface area contributed by atoms with Gasteiger partial charge in [-0.15, -0.1) is 0 Å². The summed E-state index contributed by atoms with van der Waals surface area (Å²) in [5.74, 6) is 1.25. The predicted octanol–water partition coefficient (Wildman–Crippen LogP) is 2.20. The van der Waals surface area contributed by atoms with E-state index in [1.54, 1.807) is 0 Å². The molecule has 86 valence electrons. The molecule has 1 aliphatic heterocycles. The van der Waals surface area contributed by atoms with E-state index in [2.05, 4.69) is 18.0 Å². The first kappa shape index (κ1) is 10.2. The second-order valence-corrected chi connectivity index (χ2v) is 5.27. The second kappa shape index (κ2) is 3.77. The zero-order chi connectivity index (χ0) is 11.1. The van der Waals surface area contributed by atoms with E-state index in [-0.39, 0.29) is 0 Å². The van der Waals surface area contributed by atoms with Crippen molar-refractivity contribution in [2.75, 3.05) is 13.6 Å². The average Bonchev–Trinajstić information content (AvgIpc) is 2.29. The SMILES string of the molecule is CN1CCC[C@H]2Cc3c(O)cccc3C[C@H]21. The van der Waals surface area contributed by atoms with Crippen molar-refractivity contribution in [1.29, 1.82) is 0 Å². The topological polar surface area (TPSA) is 23.5 Å². The number of hydrogen-bond donors (Lipinski definition) is 1. The Bertz CT molecular complexity index is 402. The summed E-state index contributed by atoms with van der Waals surface area (Å²) in [6.07, 6.45) is 4.81. The minimum Gasteiger partial charge on any atom is -0.508 e. The van der Waals surface area contributed by atoms with Crippen LogP contribution in [0.4, 0.5) is 0 Å². The Labute approximate surface area is 96.9 Å². The van der Waals surface area contributed by atoms with E-state index >= 15 is 0 Å². The summed E-state index contributed by atoms with van der Waals surface area (Å²) in [6, 6.07) is 6.67. The number of piperidine rings is 1. The second-order valence-electron chi connectivity index (χ2n) is 5.27. The van der Waals surface area contributed by atoms with Crippen LogP contribution in [0, 0.1) is 5.92 Å². The summed E-state index contributed by atoms with van der Waals surface area (Å²) in [5.41, 5.74) is 2.56. The standard InChI is InChI=1S/C14H19NO/c1-15-7-3-5-11-8-12-10(9-13(11)15)4-2-6-14(12)16/h2,4,6,11,13,16H,3,5,7-9H2,1H3/t11-,13+/m0/s1. The van der Waals surface area contributed by atoms with Gasteiger partial charge in [0.15, 0.2) is 0 Å². The van der Waals surface area contributed by atoms with Crippen LogP contribution in [0.3, 0.4) is 0 Å². The number of phenols is 1. The fourth-order valence-electron chi connectivity index (χ4n) is 3.42. The first-order valence-corrected chi connectivity index (χ1v) is 6.25. The summed E-state index contributed by atoms with van der Waals surface area (Å²) in [7, 11) is 2.24. The van der Waals surface area contributed by atoms with E-state index in [4.69, 9.17) is 0 Å². The Morgan fingerprint density at radius 3 is 3.06 bits per heavy atom. The van der Waals surface area contributed by atoms with Gasteiger partial charge in [0, 0.05) is 6.04 Å². The highest BCUT2D eigenvalue weighted by atomic mass is 16.3. The van der Waals surface area contributed by atoms with Crippen LogP contribution in [-0.4, -0.2) is 29.6 Å². The van der Waals surface area contributed by atoms with Gasteiger partial charge in [-0.2, -0.15) is 0 Å². The minimum atomic E-state index is 0.504. The first-order chi connectivity index (χ1) is 7.75. The fraction of sp³-hybridized carbons (Fsp3) is 0.571. The quantitative estimate of drug-likeness (QED) is 0.720. The number of phenolic OH excluding ortho intramolecular Hbond substituents is 1. The van der Waals surface area contributed by atoms with Gasteiger partial charge < -0.3 is 10.0 Å². The summed E-state index contributed by atoms with van der Waals surface area (Å²) in [6.45, 7) is 1.23. The van der Waals surface area contributed by atoms with Crippen LogP contribution < -0.4 is 0 Å². The molecule has 3 rings (SSSR count). The van der Waals surface area contributed by atoms with Crippen LogP contribution >= 0.6 is 0 Å². The number of nitrogens with zero attached hydrogens (tertiary/aromatic N) is 1. The zero-order valence-electron chi connectivity index (χ0n) is 9.82. The highest BCUT2D eigenvalue weighted by Crippen LogP contribution is 2.37. The molecule has 1 aromatic carbocycles. The molecule has 0 radical (unpaired) electrons. The number of likely N-dealkylation sites (tertiary alicyclic amines) is 1. The Hall–Kier alpha value is -1.02. The lowest BCUT2D eigenvalue weighted by molar-refractivity contribution is 0.111. The third-order valence-corrected chi connectivity index (χ3v) is 4.34. The lowest BCUT2D eigenvalue weighted by Gasteiger charge is -2.43. The van der Waals surface area contributed by atoms with Crippen LogP contribution in [-0.2, 0) is 12.8 Å². The smallest absolute Gasteiger partial charge is 0.119 e. The maximum absolute atomic E-state index is 9.90. The van der Waals surface area contributed by atoms with Crippen LogP contribution in [0.5, 0.6) is 5.75 Å². The van der Waals surface area contributed by atoms with Gasteiger partial charge in [0.2, 0.25) is 0 Å². The molecule has 0 aromatic heterocycles. The van der Waals surface area contributed by atoms with Gasteiger partial charge in [0.1, 0.15) is 5.75 Å². The van der Waals surface area contributed by atoms with E-state index in [1.165, 1.54) is 30.5 Å². The summed E-state index contributed by atoms with van der Waals surface area (Å²) >= 11 is 0. The lowest BCUT2D eigenvalue weighted by atomic mass is 9.75. The van der Waals surface area contributed by atoms with Crippen molar-refractivity contribution in [2.24, 2.45) is 5.92 Å². The first-order valence-electron chi connectivity index (χ1n) is 6.25. The molecule has 0 unspecified atom stereocenters. The number of fused-ring (bicyclic) bond motifs is 2. The van der Waals surface area contributed by atoms with E-state index in [0.717, 1.165) is 18.8 Å². The molecule has 1 heterocycles. The zero-order valence-corrected chi connectivity index (χ0v) is 9.82. The fourth-order valence-corrected chi connectivity index (χ4v) is 3.42. The van der Waals surface area contributed by atoms with Gasteiger partial charge in [0.05, 0.1) is 0 Å². The van der Waals surface area contributed by atoms with E-state index in [0.29, 0.717) is 11.8 Å². The van der Waals surface area contributed by atoms with Crippen molar-refractivity contribution in [3.63, 3.8) is 0 Å².